The van der Waals surface area contributed by atoms with Crippen molar-refractivity contribution in [1.82, 2.24) is 0 Å². The lowest BCUT2D eigenvalue weighted by atomic mass is 9.89. The maximum atomic E-state index is 12.6. The van der Waals surface area contributed by atoms with Gasteiger partial charge in [-0.1, -0.05) is 23.8 Å². The number of hydrogen-bond acceptors (Lipinski definition) is 3. The van der Waals surface area contributed by atoms with Crippen molar-refractivity contribution in [1.29, 1.82) is 0 Å². The van der Waals surface area contributed by atoms with Gasteiger partial charge in [0.1, 0.15) is 23.7 Å². The summed E-state index contributed by atoms with van der Waals surface area (Å²) in [5, 5.41) is 0. The van der Waals surface area contributed by atoms with Crippen LogP contribution in [-0.2, 0) is 0 Å². The molecular weight excluding hydrogens is 288 g/mol. The quantitative estimate of drug-likeness (QED) is 0.842. The Morgan fingerprint density at radius 3 is 2.48 bits per heavy atom. The van der Waals surface area contributed by atoms with E-state index in [1.165, 1.54) is 5.56 Å². The number of carbonyl (C=O) groups excluding carboxylic acids is 1. The first-order valence-electron chi connectivity index (χ1n) is 7.89. The Balaban J connectivity index is 1.80. The van der Waals surface area contributed by atoms with Crippen LogP contribution in [-0.4, -0.2) is 18.0 Å². The van der Waals surface area contributed by atoms with E-state index in [1.54, 1.807) is 0 Å². The average Bonchev–Trinajstić information content (AvgIpc) is 2.45. The van der Waals surface area contributed by atoms with Crippen LogP contribution in [0.25, 0.3) is 0 Å². The first-order valence-corrected chi connectivity index (χ1v) is 7.89. The Labute approximate surface area is 137 Å². The fourth-order valence-corrected chi connectivity index (χ4v) is 3.05. The molecule has 0 amide bonds. The third-order valence-corrected chi connectivity index (χ3v) is 4.18. The van der Waals surface area contributed by atoms with Crippen LogP contribution in [0.2, 0.25) is 0 Å². The normalized spacial score (nSPS) is 19.9. The van der Waals surface area contributed by atoms with Gasteiger partial charge in [-0.3, -0.25) is 4.79 Å². The molecule has 1 aliphatic rings. The predicted octanol–water partition coefficient (Wildman–Crippen LogP) is 4.41. The van der Waals surface area contributed by atoms with Gasteiger partial charge in [-0.05, 0) is 57.0 Å². The lowest BCUT2D eigenvalue weighted by molar-refractivity contribution is 0.0188. The van der Waals surface area contributed by atoms with Gasteiger partial charge in [-0.2, -0.15) is 0 Å². The molecule has 1 atom stereocenters. The molecule has 0 aliphatic carbocycles. The summed E-state index contributed by atoms with van der Waals surface area (Å²) in [5.41, 5.74) is 3.33. The zero-order valence-corrected chi connectivity index (χ0v) is 14.1. The van der Waals surface area contributed by atoms with Crippen molar-refractivity contribution in [3.63, 3.8) is 0 Å². The van der Waals surface area contributed by atoms with Gasteiger partial charge in [0.2, 0.25) is 0 Å². The number of aryl methyl sites for hydroxylation is 3. The molecule has 2 aromatic carbocycles. The van der Waals surface area contributed by atoms with E-state index >= 15 is 0 Å². The van der Waals surface area contributed by atoms with E-state index in [2.05, 4.69) is 0 Å². The summed E-state index contributed by atoms with van der Waals surface area (Å²) in [6, 6.07) is 11.8. The second-order valence-corrected chi connectivity index (χ2v) is 6.71. The van der Waals surface area contributed by atoms with Crippen molar-refractivity contribution in [2.24, 2.45) is 0 Å². The highest BCUT2D eigenvalue weighted by Gasteiger charge is 2.38. The number of benzene rings is 2. The third-order valence-electron chi connectivity index (χ3n) is 4.18. The number of hydrogen-bond donors (Lipinski definition) is 0. The summed E-state index contributed by atoms with van der Waals surface area (Å²) >= 11 is 0. The maximum Gasteiger partial charge on any atom is 0.170 e. The van der Waals surface area contributed by atoms with Crippen LogP contribution in [0.4, 0.5) is 0 Å². The number of ketones is 1. The van der Waals surface area contributed by atoms with E-state index in [4.69, 9.17) is 9.47 Å². The van der Waals surface area contributed by atoms with Gasteiger partial charge >= 0.3 is 0 Å². The molecule has 3 heteroatoms. The van der Waals surface area contributed by atoms with Gasteiger partial charge in [0, 0.05) is 0 Å². The van der Waals surface area contributed by atoms with Crippen LogP contribution < -0.4 is 9.47 Å². The highest BCUT2D eigenvalue weighted by molar-refractivity contribution is 6.01. The van der Waals surface area contributed by atoms with Crippen molar-refractivity contribution in [3.05, 3.63) is 58.7 Å². The van der Waals surface area contributed by atoms with Crippen molar-refractivity contribution in [2.45, 2.75) is 39.7 Å². The molecule has 120 valence electrons. The molecule has 23 heavy (non-hydrogen) atoms. The maximum absolute atomic E-state index is 12.6. The lowest BCUT2D eigenvalue weighted by Crippen LogP contribution is -2.44. The minimum Gasteiger partial charge on any atom is -0.489 e. The molecule has 1 aliphatic heterocycles. The van der Waals surface area contributed by atoms with Crippen LogP contribution >= 0.6 is 0 Å². The van der Waals surface area contributed by atoms with Crippen molar-refractivity contribution in [3.8, 4) is 11.5 Å². The van der Waals surface area contributed by atoms with E-state index in [1.807, 2.05) is 64.1 Å². The molecule has 0 N–H and O–H groups in total. The molecule has 3 rings (SSSR count). The molecule has 0 saturated heterocycles. The number of ether oxygens (including phenoxy) is 2. The van der Waals surface area contributed by atoms with Gasteiger partial charge in [-0.25, -0.2) is 0 Å². The minimum atomic E-state index is -0.644. The van der Waals surface area contributed by atoms with E-state index in [0.717, 1.165) is 16.9 Å². The molecule has 3 nitrogen and oxygen atoms in total. The molecule has 0 aromatic heterocycles. The van der Waals surface area contributed by atoms with Crippen molar-refractivity contribution < 1.29 is 14.3 Å². The standard InChI is InChI=1S/C20H22O3/c1-13-5-7-16(8-6-13)22-12-20(4)11-17(21)19-15(3)9-14(2)10-18(19)23-20/h5-10H,11-12H2,1-4H3. The summed E-state index contributed by atoms with van der Waals surface area (Å²) in [7, 11) is 0. The van der Waals surface area contributed by atoms with Crippen LogP contribution in [0.3, 0.4) is 0 Å². The summed E-state index contributed by atoms with van der Waals surface area (Å²) in [6.07, 6.45) is 0.329. The Morgan fingerprint density at radius 2 is 1.78 bits per heavy atom. The summed E-state index contributed by atoms with van der Waals surface area (Å²) in [6.45, 7) is 8.28. The van der Waals surface area contributed by atoms with Gasteiger partial charge in [0.25, 0.3) is 0 Å². The Bertz CT molecular complexity index is 746. The van der Waals surface area contributed by atoms with Gasteiger partial charge < -0.3 is 9.47 Å². The number of carbonyl (C=O) groups is 1. The first-order chi connectivity index (χ1) is 10.9. The average molecular weight is 310 g/mol. The van der Waals surface area contributed by atoms with Crippen LogP contribution in [0.15, 0.2) is 36.4 Å². The smallest absolute Gasteiger partial charge is 0.170 e. The van der Waals surface area contributed by atoms with Crippen LogP contribution in [0.5, 0.6) is 11.5 Å². The molecule has 0 fully saturated rings. The zero-order valence-electron chi connectivity index (χ0n) is 14.1. The first kappa shape index (κ1) is 15.6. The van der Waals surface area contributed by atoms with Crippen LogP contribution in [0, 0.1) is 20.8 Å². The van der Waals surface area contributed by atoms with Gasteiger partial charge in [0.15, 0.2) is 5.78 Å². The monoisotopic (exact) mass is 310 g/mol. The fraction of sp³-hybridized carbons (Fsp3) is 0.350. The predicted molar refractivity (Wildman–Crippen MR) is 90.6 cm³/mol. The molecule has 2 aromatic rings. The largest absolute Gasteiger partial charge is 0.489 e. The molecule has 1 unspecified atom stereocenters. The summed E-state index contributed by atoms with van der Waals surface area (Å²) in [5.74, 6) is 1.59. The Morgan fingerprint density at radius 1 is 1.09 bits per heavy atom. The Hall–Kier alpha value is -2.29. The van der Waals surface area contributed by atoms with Crippen molar-refractivity contribution >= 4 is 5.78 Å². The molecule has 0 bridgehead atoms. The minimum absolute atomic E-state index is 0.124. The number of rotatable bonds is 3. The van der Waals surface area contributed by atoms with Crippen molar-refractivity contribution in [2.75, 3.05) is 6.61 Å². The highest BCUT2D eigenvalue weighted by atomic mass is 16.5. The topological polar surface area (TPSA) is 35.5 Å². The van der Waals surface area contributed by atoms with Crippen LogP contribution in [0.1, 0.15) is 40.4 Å². The van der Waals surface area contributed by atoms with E-state index in [-0.39, 0.29) is 5.78 Å². The summed E-state index contributed by atoms with van der Waals surface area (Å²) < 4.78 is 12.0. The molecule has 1 heterocycles. The van der Waals surface area contributed by atoms with E-state index in [9.17, 15) is 4.79 Å². The molecular formula is C20H22O3. The lowest BCUT2D eigenvalue weighted by Gasteiger charge is -2.35. The van der Waals surface area contributed by atoms with Gasteiger partial charge in [0.05, 0.1) is 12.0 Å². The van der Waals surface area contributed by atoms with E-state index in [0.29, 0.717) is 24.3 Å². The second kappa shape index (κ2) is 5.73. The van der Waals surface area contributed by atoms with Gasteiger partial charge in [-0.15, -0.1) is 0 Å². The Kier molecular flexibility index (Phi) is 3.88. The number of Topliss-reactive ketones (excluding diaryl/α,β-unsaturated/α-hetero) is 1. The molecule has 0 radical (unpaired) electrons. The SMILES string of the molecule is Cc1ccc(OCC2(C)CC(=O)c3c(C)cc(C)cc3O2)cc1. The van der Waals surface area contributed by atoms with E-state index < -0.39 is 5.60 Å². The zero-order chi connectivity index (χ0) is 16.6. The fourth-order valence-electron chi connectivity index (χ4n) is 3.05. The molecule has 0 saturated carbocycles. The third kappa shape index (κ3) is 3.24. The number of fused-ring (bicyclic) bond motifs is 1. The summed E-state index contributed by atoms with van der Waals surface area (Å²) in [4.78, 5) is 12.6. The second-order valence-electron chi connectivity index (χ2n) is 6.71. The highest BCUT2D eigenvalue weighted by Crippen LogP contribution is 2.36. The molecule has 0 spiro atoms.